The van der Waals surface area contributed by atoms with E-state index in [0.29, 0.717) is 48.4 Å². The molecule has 0 spiro atoms. The average Bonchev–Trinajstić information content (AvgIpc) is 3.09. The summed E-state index contributed by atoms with van der Waals surface area (Å²) in [5.41, 5.74) is 2.47. The van der Waals surface area contributed by atoms with Crippen LogP contribution in [-0.4, -0.2) is 33.8 Å². The molecule has 0 aliphatic carbocycles. The second-order valence-corrected chi connectivity index (χ2v) is 6.87. The maximum atomic E-state index is 13.5. The zero-order valence-electron chi connectivity index (χ0n) is 18.9. The van der Waals surface area contributed by atoms with Gasteiger partial charge in [0.2, 0.25) is 5.75 Å². The topological polar surface area (TPSA) is 77.3 Å². The highest BCUT2D eigenvalue weighted by atomic mass is 127. The van der Waals surface area contributed by atoms with Gasteiger partial charge < -0.3 is 29.3 Å². The molecule has 0 saturated carbocycles. The number of aliphatic imine (C=N–C) groups is 1. The first-order valence-electron chi connectivity index (χ1n) is 9.99. The minimum atomic E-state index is -0.281. The number of guanidine groups is 1. The number of hydrogen-bond acceptors (Lipinski definition) is 5. The third-order valence-corrected chi connectivity index (χ3v) is 4.90. The Kier molecular flexibility index (Phi) is 9.42. The second-order valence-electron chi connectivity index (χ2n) is 6.87. The number of aryl methyl sites for hydroxylation is 1. The van der Waals surface area contributed by atoms with Gasteiger partial charge in [-0.15, -0.1) is 24.0 Å². The van der Waals surface area contributed by atoms with Gasteiger partial charge in [-0.2, -0.15) is 0 Å². The van der Waals surface area contributed by atoms with Crippen molar-refractivity contribution in [2.45, 2.75) is 26.9 Å². The van der Waals surface area contributed by atoms with Gasteiger partial charge in [-0.1, -0.05) is 0 Å². The van der Waals surface area contributed by atoms with Gasteiger partial charge in [-0.25, -0.2) is 9.38 Å². The van der Waals surface area contributed by atoms with Gasteiger partial charge in [0.1, 0.15) is 17.2 Å². The molecule has 0 unspecified atom stereocenters. The minimum Gasteiger partial charge on any atom is -0.493 e. The van der Waals surface area contributed by atoms with Crippen molar-refractivity contribution in [3.63, 3.8) is 0 Å². The van der Waals surface area contributed by atoms with Crippen LogP contribution in [0.1, 0.15) is 23.8 Å². The van der Waals surface area contributed by atoms with E-state index in [2.05, 4.69) is 15.6 Å². The molecule has 0 fully saturated rings. The summed E-state index contributed by atoms with van der Waals surface area (Å²) < 4.78 is 35.6. The molecule has 0 atom stereocenters. The molecule has 2 aromatic carbocycles. The molecule has 3 aromatic rings. The summed E-state index contributed by atoms with van der Waals surface area (Å²) in [6.45, 7) is 5.43. The molecule has 7 nitrogen and oxygen atoms in total. The SMILES string of the molecule is CCNC(=NCc1cc(OC)c(OC)c(OC)c1)NCc1oc2ccc(F)cc2c1C.I. The van der Waals surface area contributed by atoms with Crippen molar-refractivity contribution in [2.24, 2.45) is 4.99 Å². The average molecular weight is 557 g/mol. The van der Waals surface area contributed by atoms with Crippen molar-refractivity contribution in [2.75, 3.05) is 27.9 Å². The first-order valence-corrected chi connectivity index (χ1v) is 9.99. The van der Waals surface area contributed by atoms with E-state index in [4.69, 9.17) is 18.6 Å². The Labute approximate surface area is 204 Å². The molecule has 0 aliphatic heterocycles. The summed E-state index contributed by atoms with van der Waals surface area (Å²) >= 11 is 0. The molecule has 0 bridgehead atoms. The Bertz CT molecular complexity index is 1060. The molecule has 3 rings (SSSR count). The minimum absolute atomic E-state index is 0. The third-order valence-electron chi connectivity index (χ3n) is 4.90. The standard InChI is InChI=1S/C23H28FN3O4.HI/c1-6-25-23(26-12-15-9-19(28-3)22(30-5)20(10-15)29-4)27-13-21-14(2)17-11-16(24)7-8-18(17)31-21;/h7-11H,6,12-13H2,1-5H3,(H2,25,26,27);1H. The Balaban J connectivity index is 0.00000363. The summed E-state index contributed by atoms with van der Waals surface area (Å²) in [5.74, 6) is 2.78. The van der Waals surface area contributed by atoms with Crippen molar-refractivity contribution < 1.29 is 23.0 Å². The fourth-order valence-electron chi connectivity index (χ4n) is 3.32. The molecule has 32 heavy (non-hydrogen) atoms. The van der Waals surface area contributed by atoms with E-state index in [1.54, 1.807) is 27.4 Å². The summed E-state index contributed by atoms with van der Waals surface area (Å²) in [6.07, 6.45) is 0. The lowest BCUT2D eigenvalue weighted by Gasteiger charge is -2.14. The van der Waals surface area contributed by atoms with Gasteiger partial charge in [-0.05, 0) is 49.7 Å². The largest absolute Gasteiger partial charge is 0.493 e. The highest BCUT2D eigenvalue weighted by Gasteiger charge is 2.14. The number of ether oxygens (including phenoxy) is 3. The zero-order chi connectivity index (χ0) is 22.4. The van der Waals surface area contributed by atoms with Crippen LogP contribution >= 0.6 is 24.0 Å². The predicted octanol–water partition coefficient (Wildman–Crippen LogP) is 4.78. The summed E-state index contributed by atoms with van der Waals surface area (Å²) in [4.78, 5) is 4.64. The molecule has 2 N–H and O–H groups in total. The molecule has 9 heteroatoms. The molecule has 0 saturated heterocycles. The lowest BCUT2D eigenvalue weighted by Crippen LogP contribution is -2.36. The van der Waals surface area contributed by atoms with Gasteiger partial charge in [0.05, 0.1) is 34.4 Å². The number of benzene rings is 2. The molecule has 1 aromatic heterocycles. The van der Waals surface area contributed by atoms with Crippen molar-refractivity contribution in [3.05, 3.63) is 53.0 Å². The highest BCUT2D eigenvalue weighted by Crippen LogP contribution is 2.38. The molecule has 1 heterocycles. The van der Waals surface area contributed by atoms with Crippen LogP contribution < -0.4 is 24.8 Å². The Morgan fingerprint density at radius 1 is 1.03 bits per heavy atom. The second kappa shape index (κ2) is 11.8. The van der Waals surface area contributed by atoms with E-state index in [0.717, 1.165) is 22.3 Å². The van der Waals surface area contributed by atoms with Gasteiger partial charge in [0.15, 0.2) is 17.5 Å². The maximum absolute atomic E-state index is 13.5. The normalized spacial score (nSPS) is 11.1. The smallest absolute Gasteiger partial charge is 0.203 e. The maximum Gasteiger partial charge on any atom is 0.203 e. The van der Waals surface area contributed by atoms with Crippen LogP contribution in [0, 0.1) is 12.7 Å². The number of halogens is 2. The number of fused-ring (bicyclic) bond motifs is 1. The lowest BCUT2D eigenvalue weighted by atomic mass is 10.1. The fraction of sp³-hybridized carbons (Fsp3) is 0.348. The predicted molar refractivity (Wildman–Crippen MR) is 134 cm³/mol. The van der Waals surface area contributed by atoms with Crippen LogP contribution in [-0.2, 0) is 13.1 Å². The number of hydrogen-bond donors (Lipinski definition) is 2. The van der Waals surface area contributed by atoms with Crippen LogP contribution in [0.5, 0.6) is 17.2 Å². The van der Waals surface area contributed by atoms with E-state index in [9.17, 15) is 4.39 Å². The Morgan fingerprint density at radius 3 is 2.31 bits per heavy atom. The van der Waals surface area contributed by atoms with E-state index in [1.807, 2.05) is 26.0 Å². The third kappa shape index (κ3) is 5.76. The highest BCUT2D eigenvalue weighted by molar-refractivity contribution is 14.0. The van der Waals surface area contributed by atoms with E-state index >= 15 is 0 Å². The van der Waals surface area contributed by atoms with Crippen LogP contribution in [0.2, 0.25) is 0 Å². The van der Waals surface area contributed by atoms with Crippen LogP contribution in [0.25, 0.3) is 11.0 Å². The van der Waals surface area contributed by atoms with Gasteiger partial charge in [0.25, 0.3) is 0 Å². The number of furan rings is 1. The van der Waals surface area contributed by atoms with Crippen molar-refractivity contribution >= 4 is 40.9 Å². The van der Waals surface area contributed by atoms with Crippen LogP contribution in [0.3, 0.4) is 0 Å². The molecule has 0 radical (unpaired) electrons. The van der Waals surface area contributed by atoms with Crippen LogP contribution in [0.4, 0.5) is 4.39 Å². The molecular formula is C23H29FIN3O4. The Morgan fingerprint density at radius 2 is 1.72 bits per heavy atom. The molecular weight excluding hydrogens is 528 g/mol. The summed E-state index contributed by atoms with van der Waals surface area (Å²) in [5, 5.41) is 7.26. The fourth-order valence-corrected chi connectivity index (χ4v) is 3.32. The van der Waals surface area contributed by atoms with Gasteiger partial charge >= 0.3 is 0 Å². The zero-order valence-corrected chi connectivity index (χ0v) is 21.2. The number of methoxy groups -OCH3 is 3. The quantitative estimate of drug-likeness (QED) is 0.236. The first-order chi connectivity index (χ1) is 15.0. The molecule has 0 amide bonds. The number of nitrogens with one attached hydrogen (secondary N) is 2. The van der Waals surface area contributed by atoms with Gasteiger partial charge in [-0.3, -0.25) is 0 Å². The number of rotatable bonds is 8. The molecule has 174 valence electrons. The Hall–Kier alpha value is -2.69. The van der Waals surface area contributed by atoms with E-state index in [1.165, 1.54) is 12.1 Å². The lowest BCUT2D eigenvalue weighted by molar-refractivity contribution is 0.324. The summed E-state index contributed by atoms with van der Waals surface area (Å²) in [6, 6.07) is 8.26. The summed E-state index contributed by atoms with van der Waals surface area (Å²) in [7, 11) is 4.73. The monoisotopic (exact) mass is 557 g/mol. The van der Waals surface area contributed by atoms with Crippen LogP contribution in [0.15, 0.2) is 39.7 Å². The van der Waals surface area contributed by atoms with Crippen molar-refractivity contribution in [1.29, 1.82) is 0 Å². The molecule has 0 aliphatic rings. The first kappa shape index (κ1) is 25.6. The van der Waals surface area contributed by atoms with Crippen molar-refractivity contribution in [3.8, 4) is 17.2 Å². The van der Waals surface area contributed by atoms with E-state index in [-0.39, 0.29) is 29.8 Å². The van der Waals surface area contributed by atoms with Gasteiger partial charge in [0, 0.05) is 17.5 Å². The van der Waals surface area contributed by atoms with Crippen molar-refractivity contribution in [1.82, 2.24) is 10.6 Å². The van der Waals surface area contributed by atoms with E-state index < -0.39 is 0 Å². The number of nitrogens with zero attached hydrogens (tertiary/aromatic N) is 1.